The quantitative estimate of drug-likeness (QED) is 0.454. The van der Waals surface area contributed by atoms with E-state index in [1.807, 2.05) is 0 Å². The normalized spacial score (nSPS) is 44.9. The van der Waals surface area contributed by atoms with Gasteiger partial charge in [-0.3, -0.25) is 0 Å². The molecule has 4 aliphatic rings. The van der Waals surface area contributed by atoms with E-state index in [1.165, 1.54) is 51.4 Å². The molecule has 3 saturated carbocycles. The Morgan fingerprint density at radius 2 is 1.87 bits per heavy atom. The van der Waals surface area contributed by atoms with Gasteiger partial charge in [0, 0.05) is 0 Å². The van der Waals surface area contributed by atoms with Gasteiger partial charge < -0.3 is 5.11 Å². The molecule has 0 amide bonds. The first-order valence-corrected chi connectivity index (χ1v) is 13.3. The Kier molecular flexibility index (Phi) is 6.35. The number of hydrogen-bond acceptors (Lipinski definition) is 1. The van der Waals surface area contributed by atoms with Crippen LogP contribution in [0.25, 0.3) is 0 Å². The Labute approximate surface area is 186 Å². The number of hydrogen-bond donors (Lipinski definition) is 1. The summed E-state index contributed by atoms with van der Waals surface area (Å²) in [5, 5.41) is 10.2. The summed E-state index contributed by atoms with van der Waals surface area (Å²) in [7, 11) is 0. The Morgan fingerprint density at radius 3 is 2.57 bits per heavy atom. The second-order valence-electron chi connectivity index (χ2n) is 12.4. The predicted octanol–water partition coefficient (Wildman–Crippen LogP) is 7.94. The first-order chi connectivity index (χ1) is 14.2. The third-order valence-electron chi connectivity index (χ3n) is 10.7. The predicted molar refractivity (Wildman–Crippen MR) is 128 cm³/mol. The molecule has 1 heteroatoms. The van der Waals surface area contributed by atoms with Gasteiger partial charge in [0.05, 0.1) is 6.10 Å². The molecule has 1 N–H and O–H groups in total. The van der Waals surface area contributed by atoms with Crippen LogP contribution in [0.15, 0.2) is 23.3 Å². The molecule has 4 rings (SSSR count). The van der Waals surface area contributed by atoms with Gasteiger partial charge in [0.25, 0.3) is 0 Å². The van der Waals surface area contributed by atoms with E-state index in [2.05, 4.69) is 53.7 Å². The minimum Gasteiger partial charge on any atom is -0.393 e. The molecule has 3 fully saturated rings. The number of aliphatic hydroxyl groups excluding tert-OH is 1. The van der Waals surface area contributed by atoms with Gasteiger partial charge in [-0.1, -0.05) is 64.8 Å². The van der Waals surface area contributed by atoms with Crippen molar-refractivity contribution in [2.45, 2.75) is 112 Å². The summed E-state index contributed by atoms with van der Waals surface area (Å²) >= 11 is 0. The molecule has 1 nitrogen and oxygen atoms in total. The SMILES string of the molecule is CC/C(=C/C[C@@H](C)C1CCC2C3CC=C4C[C@@H](O)CCC4(C)C3CCC21C)C(C)C. The van der Waals surface area contributed by atoms with Gasteiger partial charge >= 0.3 is 0 Å². The lowest BCUT2D eigenvalue weighted by atomic mass is 9.47. The van der Waals surface area contributed by atoms with Crippen molar-refractivity contribution in [2.24, 2.45) is 46.3 Å². The number of aliphatic hydroxyl groups is 1. The van der Waals surface area contributed by atoms with Crippen LogP contribution in [0, 0.1) is 46.3 Å². The van der Waals surface area contributed by atoms with Gasteiger partial charge in [0.2, 0.25) is 0 Å². The molecular weight excluding hydrogens is 364 g/mol. The Hall–Kier alpha value is -0.560. The molecule has 0 heterocycles. The first-order valence-electron chi connectivity index (χ1n) is 13.3. The lowest BCUT2D eigenvalue weighted by Crippen LogP contribution is -2.50. The van der Waals surface area contributed by atoms with Gasteiger partial charge in [0.15, 0.2) is 0 Å². The molecule has 0 aliphatic heterocycles. The van der Waals surface area contributed by atoms with Gasteiger partial charge in [-0.05, 0) is 111 Å². The van der Waals surface area contributed by atoms with E-state index >= 15 is 0 Å². The maximum absolute atomic E-state index is 10.2. The van der Waals surface area contributed by atoms with Crippen molar-refractivity contribution in [1.29, 1.82) is 0 Å². The molecule has 0 radical (unpaired) electrons. The standard InChI is InChI=1S/C29H48O/c1-7-21(19(2)3)9-8-20(4)25-12-13-26-24-11-10-22-18-23(30)14-16-28(22,5)27(24)15-17-29(25,26)6/h9-10,19-20,23-27,30H,7-8,11-18H2,1-6H3/b21-9-/t20-,23+,24?,25?,26?,27?,28?,29?/m1/s1. The van der Waals surface area contributed by atoms with Crippen molar-refractivity contribution in [1.82, 2.24) is 0 Å². The summed E-state index contributed by atoms with van der Waals surface area (Å²) in [5.74, 6) is 5.09. The van der Waals surface area contributed by atoms with Crippen LogP contribution in [0.3, 0.4) is 0 Å². The van der Waals surface area contributed by atoms with Crippen molar-refractivity contribution >= 4 is 0 Å². The minimum absolute atomic E-state index is 0.0849. The van der Waals surface area contributed by atoms with E-state index in [0.717, 1.165) is 42.4 Å². The van der Waals surface area contributed by atoms with Crippen LogP contribution in [0.5, 0.6) is 0 Å². The first kappa shape index (κ1) is 22.6. The van der Waals surface area contributed by atoms with E-state index in [1.54, 1.807) is 11.1 Å². The molecule has 0 spiro atoms. The minimum atomic E-state index is -0.0849. The Morgan fingerprint density at radius 1 is 1.10 bits per heavy atom. The van der Waals surface area contributed by atoms with Crippen LogP contribution in [-0.2, 0) is 0 Å². The van der Waals surface area contributed by atoms with Gasteiger partial charge in [-0.2, -0.15) is 0 Å². The van der Waals surface area contributed by atoms with Crippen molar-refractivity contribution < 1.29 is 5.11 Å². The second-order valence-corrected chi connectivity index (χ2v) is 12.4. The fraction of sp³-hybridized carbons (Fsp3) is 0.862. The molecule has 4 aliphatic carbocycles. The lowest BCUT2D eigenvalue weighted by Gasteiger charge is -2.58. The van der Waals surface area contributed by atoms with Crippen molar-refractivity contribution in [3.8, 4) is 0 Å². The summed E-state index contributed by atoms with van der Waals surface area (Å²) < 4.78 is 0. The Bertz CT molecular complexity index is 686. The molecule has 0 aromatic heterocycles. The highest BCUT2D eigenvalue weighted by Gasteiger charge is 2.59. The van der Waals surface area contributed by atoms with Crippen LogP contribution in [0.4, 0.5) is 0 Å². The topological polar surface area (TPSA) is 20.2 Å². The van der Waals surface area contributed by atoms with Crippen LogP contribution in [-0.4, -0.2) is 11.2 Å². The lowest BCUT2D eigenvalue weighted by molar-refractivity contribution is -0.0565. The van der Waals surface area contributed by atoms with E-state index in [0.29, 0.717) is 16.7 Å². The third kappa shape index (κ3) is 3.66. The average Bonchev–Trinajstić information content (AvgIpc) is 3.06. The molecule has 0 bridgehead atoms. The molecule has 30 heavy (non-hydrogen) atoms. The third-order valence-corrected chi connectivity index (χ3v) is 10.7. The maximum Gasteiger partial charge on any atom is 0.0577 e. The molecule has 6 unspecified atom stereocenters. The number of rotatable bonds is 5. The fourth-order valence-electron chi connectivity index (χ4n) is 8.91. The van der Waals surface area contributed by atoms with E-state index in [4.69, 9.17) is 0 Å². The summed E-state index contributed by atoms with van der Waals surface area (Å²) in [6.07, 6.45) is 17.8. The molecule has 170 valence electrons. The van der Waals surface area contributed by atoms with Crippen molar-refractivity contribution in [3.63, 3.8) is 0 Å². The second kappa shape index (κ2) is 8.42. The van der Waals surface area contributed by atoms with Gasteiger partial charge in [0.1, 0.15) is 0 Å². The van der Waals surface area contributed by atoms with E-state index in [9.17, 15) is 5.11 Å². The van der Waals surface area contributed by atoms with Crippen LogP contribution in [0.1, 0.15) is 106 Å². The van der Waals surface area contributed by atoms with Crippen molar-refractivity contribution in [2.75, 3.05) is 0 Å². The zero-order valence-electron chi connectivity index (χ0n) is 20.7. The van der Waals surface area contributed by atoms with Crippen LogP contribution in [0.2, 0.25) is 0 Å². The molecule has 0 saturated heterocycles. The van der Waals surface area contributed by atoms with Gasteiger partial charge in [-0.15, -0.1) is 0 Å². The molecule has 0 aromatic rings. The smallest absolute Gasteiger partial charge is 0.0577 e. The summed E-state index contributed by atoms with van der Waals surface area (Å²) in [6.45, 7) is 14.8. The zero-order valence-corrected chi connectivity index (χ0v) is 20.7. The summed E-state index contributed by atoms with van der Waals surface area (Å²) in [4.78, 5) is 0. The van der Waals surface area contributed by atoms with E-state index < -0.39 is 0 Å². The fourth-order valence-corrected chi connectivity index (χ4v) is 8.91. The number of allylic oxidation sites excluding steroid dienone is 3. The van der Waals surface area contributed by atoms with E-state index in [-0.39, 0.29) is 6.10 Å². The van der Waals surface area contributed by atoms with Crippen LogP contribution < -0.4 is 0 Å². The van der Waals surface area contributed by atoms with Gasteiger partial charge in [-0.25, -0.2) is 0 Å². The summed E-state index contributed by atoms with van der Waals surface area (Å²) in [5.41, 5.74) is 4.19. The molecule has 8 atom stereocenters. The average molecular weight is 413 g/mol. The Balaban J connectivity index is 1.51. The maximum atomic E-state index is 10.2. The largest absolute Gasteiger partial charge is 0.393 e. The monoisotopic (exact) mass is 412 g/mol. The van der Waals surface area contributed by atoms with Crippen molar-refractivity contribution in [3.05, 3.63) is 23.3 Å². The molecule has 0 aromatic carbocycles. The molecular formula is C29H48O. The van der Waals surface area contributed by atoms with Crippen LogP contribution >= 0.6 is 0 Å². The summed E-state index contributed by atoms with van der Waals surface area (Å²) in [6, 6.07) is 0. The zero-order chi connectivity index (χ0) is 21.7. The highest BCUT2D eigenvalue weighted by atomic mass is 16.3. The number of fused-ring (bicyclic) bond motifs is 5. The highest BCUT2D eigenvalue weighted by molar-refractivity contribution is 5.25. The highest BCUT2D eigenvalue weighted by Crippen LogP contribution is 2.67.